The van der Waals surface area contributed by atoms with E-state index >= 15 is 0 Å². The van der Waals surface area contributed by atoms with Crippen molar-refractivity contribution in [2.45, 2.75) is 12.7 Å². The van der Waals surface area contributed by atoms with Gasteiger partial charge in [-0.05, 0) is 12.1 Å². The van der Waals surface area contributed by atoms with Gasteiger partial charge in [-0.15, -0.1) is 0 Å². The van der Waals surface area contributed by atoms with Crippen molar-refractivity contribution in [3.05, 3.63) is 47.1 Å². The third kappa shape index (κ3) is 3.78. The molecule has 8 heteroatoms. The van der Waals surface area contributed by atoms with Gasteiger partial charge in [-0.2, -0.15) is 13.2 Å². The van der Waals surface area contributed by atoms with E-state index < -0.39 is 12.0 Å². The number of anilines is 1. The number of halogens is 4. The van der Waals surface area contributed by atoms with Crippen LogP contribution in [0.1, 0.15) is 11.5 Å². The summed E-state index contributed by atoms with van der Waals surface area (Å²) >= 11 is 5.53. The Morgan fingerprint density at radius 1 is 1.21 bits per heavy atom. The maximum absolute atomic E-state index is 12.5. The highest BCUT2D eigenvalue weighted by Crippen LogP contribution is 2.28. The highest BCUT2D eigenvalue weighted by Gasteiger charge is 2.35. The molecule has 0 radical (unpaired) electrons. The maximum Gasteiger partial charge on any atom is 0.451 e. The number of aromatic nitrogens is 3. The van der Waals surface area contributed by atoms with Crippen LogP contribution < -0.4 is 5.32 Å². The molecule has 0 saturated heterocycles. The molecule has 0 atom stereocenters. The zero-order valence-corrected chi connectivity index (χ0v) is 10.2. The molecular weight excluding hydrogens is 281 g/mol. The number of hydrogen-bond acceptors (Lipinski definition) is 4. The topological polar surface area (TPSA) is 50.7 Å². The summed E-state index contributed by atoms with van der Waals surface area (Å²) in [6, 6.07) is 6.48. The molecule has 4 nitrogen and oxygen atoms in total. The van der Waals surface area contributed by atoms with Gasteiger partial charge in [0, 0.05) is 12.3 Å². The molecule has 0 amide bonds. The van der Waals surface area contributed by atoms with Crippen LogP contribution in [0.2, 0.25) is 5.15 Å². The minimum atomic E-state index is -4.63. The van der Waals surface area contributed by atoms with E-state index in [1.54, 1.807) is 24.4 Å². The Morgan fingerprint density at radius 2 is 2.00 bits per heavy atom. The van der Waals surface area contributed by atoms with E-state index in [1.165, 1.54) is 6.07 Å². The Labute approximate surface area is 111 Å². The van der Waals surface area contributed by atoms with Gasteiger partial charge < -0.3 is 5.32 Å². The summed E-state index contributed by atoms with van der Waals surface area (Å²) in [4.78, 5) is 10.5. The average molecular weight is 289 g/mol. The zero-order valence-electron chi connectivity index (χ0n) is 9.45. The van der Waals surface area contributed by atoms with Crippen molar-refractivity contribution in [2.24, 2.45) is 0 Å². The summed E-state index contributed by atoms with van der Waals surface area (Å²) in [5, 5.41) is 2.44. The van der Waals surface area contributed by atoms with Crippen molar-refractivity contribution in [2.75, 3.05) is 5.32 Å². The number of alkyl halides is 3. The van der Waals surface area contributed by atoms with Gasteiger partial charge >= 0.3 is 6.18 Å². The van der Waals surface area contributed by atoms with E-state index in [1.807, 2.05) is 0 Å². The number of nitrogens with zero attached hydrogens (tertiary/aromatic N) is 3. The van der Waals surface area contributed by atoms with E-state index in [2.05, 4.69) is 20.3 Å². The monoisotopic (exact) mass is 288 g/mol. The van der Waals surface area contributed by atoms with Gasteiger partial charge in [0.05, 0.1) is 12.2 Å². The molecule has 0 unspecified atom stereocenters. The van der Waals surface area contributed by atoms with Crippen LogP contribution in [0.3, 0.4) is 0 Å². The molecule has 0 aromatic carbocycles. The van der Waals surface area contributed by atoms with E-state index in [0.29, 0.717) is 5.69 Å². The normalized spacial score (nSPS) is 11.4. The van der Waals surface area contributed by atoms with Crippen molar-refractivity contribution in [1.29, 1.82) is 0 Å². The highest BCUT2D eigenvalue weighted by atomic mass is 35.5. The third-order valence-electron chi connectivity index (χ3n) is 2.13. The van der Waals surface area contributed by atoms with Gasteiger partial charge in [0.2, 0.25) is 5.82 Å². The lowest BCUT2D eigenvalue weighted by Gasteiger charge is -2.09. The Balaban J connectivity index is 2.15. The predicted octanol–water partition coefficient (Wildman–Crippen LogP) is 3.16. The van der Waals surface area contributed by atoms with Crippen LogP contribution in [-0.2, 0) is 12.7 Å². The van der Waals surface area contributed by atoms with Gasteiger partial charge in [-0.25, -0.2) is 9.97 Å². The van der Waals surface area contributed by atoms with Gasteiger partial charge in [0.25, 0.3) is 0 Å². The molecule has 0 aliphatic heterocycles. The smallest absolute Gasteiger partial charge is 0.364 e. The first-order valence-corrected chi connectivity index (χ1v) is 5.58. The maximum atomic E-state index is 12.5. The summed E-state index contributed by atoms with van der Waals surface area (Å²) in [6.45, 7) is 0.242. The van der Waals surface area contributed by atoms with E-state index in [4.69, 9.17) is 11.6 Å². The second kappa shape index (κ2) is 5.40. The summed E-state index contributed by atoms with van der Waals surface area (Å²) in [5.74, 6) is -1.28. The lowest BCUT2D eigenvalue weighted by molar-refractivity contribution is -0.144. The second-order valence-electron chi connectivity index (χ2n) is 3.57. The van der Waals surface area contributed by atoms with Crippen LogP contribution in [0.15, 0.2) is 30.5 Å². The van der Waals surface area contributed by atoms with E-state index in [0.717, 1.165) is 0 Å². The Morgan fingerprint density at radius 3 is 2.63 bits per heavy atom. The van der Waals surface area contributed by atoms with Crippen molar-refractivity contribution < 1.29 is 13.2 Å². The summed E-state index contributed by atoms with van der Waals surface area (Å²) in [6.07, 6.45) is -3.04. The van der Waals surface area contributed by atoms with Gasteiger partial charge in [0.1, 0.15) is 11.0 Å². The number of rotatable bonds is 3. The third-order valence-corrected chi connectivity index (χ3v) is 2.32. The predicted molar refractivity (Wildman–Crippen MR) is 63.6 cm³/mol. The quantitative estimate of drug-likeness (QED) is 0.882. The first-order valence-electron chi connectivity index (χ1n) is 5.21. The molecule has 2 aromatic rings. The van der Waals surface area contributed by atoms with E-state index in [-0.39, 0.29) is 17.5 Å². The SMILES string of the molecule is FC(F)(F)c1nc(Cl)cc(NCc2ccccn2)n1. The molecule has 1 N–H and O–H groups in total. The molecule has 2 heterocycles. The Bertz CT molecular complexity index is 560. The number of pyridine rings is 1. The first-order chi connectivity index (χ1) is 8.95. The van der Waals surface area contributed by atoms with Crippen LogP contribution in [0.25, 0.3) is 0 Å². The van der Waals surface area contributed by atoms with Crippen molar-refractivity contribution in [1.82, 2.24) is 15.0 Å². The van der Waals surface area contributed by atoms with Crippen molar-refractivity contribution in [3.8, 4) is 0 Å². The van der Waals surface area contributed by atoms with Crippen molar-refractivity contribution >= 4 is 17.4 Å². The fourth-order valence-electron chi connectivity index (χ4n) is 1.32. The summed E-state index contributed by atoms with van der Waals surface area (Å²) in [5.41, 5.74) is 0.672. The molecule has 2 aromatic heterocycles. The first kappa shape index (κ1) is 13.5. The molecule has 0 fully saturated rings. The van der Waals surface area contributed by atoms with Crippen LogP contribution in [-0.4, -0.2) is 15.0 Å². The molecule has 0 spiro atoms. The molecule has 2 rings (SSSR count). The lowest BCUT2D eigenvalue weighted by Crippen LogP contribution is -2.13. The van der Waals surface area contributed by atoms with Crippen molar-refractivity contribution in [3.63, 3.8) is 0 Å². The van der Waals surface area contributed by atoms with E-state index in [9.17, 15) is 13.2 Å². The summed E-state index contributed by atoms with van der Waals surface area (Å²) in [7, 11) is 0. The van der Waals surface area contributed by atoms with Gasteiger partial charge in [-0.3, -0.25) is 4.98 Å². The molecule has 0 saturated carbocycles. The number of nitrogens with one attached hydrogen (secondary N) is 1. The standard InChI is InChI=1S/C11H8ClF3N4/c12-8-5-9(19-10(18-8)11(13,14)15)17-6-7-3-1-2-4-16-7/h1-5H,6H2,(H,17,18,19). The van der Waals surface area contributed by atoms with Crippen LogP contribution >= 0.6 is 11.6 Å². The fraction of sp³-hybridized carbons (Fsp3) is 0.182. The average Bonchev–Trinajstić information content (AvgIpc) is 2.36. The number of hydrogen-bond donors (Lipinski definition) is 1. The molecule has 100 valence electrons. The van der Waals surface area contributed by atoms with Gasteiger partial charge in [-0.1, -0.05) is 17.7 Å². The summed E-state index contributed by atoms with van der Waals surface area (Å²) < 4.78 is 37.5. The minimum Gasteiger partial charge on any atom is -0.364 e. The second-order valence-corrected chi connectivity index (χ2v) is 3.96. The molecular formula is C11H8ClF3N4. The molecule has 19 heavy (non-hydrogen) atoms. The molecule has 0 aliphatic rings. The molecule has 0 bridgehead atoms. The molecule has 0 aliphatic carbocycles. The highest BCUT2D eigenvalue weighted by molar-refractivity contribution is 6.29. The zero-order chi connectivity index (χ0) is 13.9. The lowest BCUT2D eigenvalue weighted by atomic mass is 10.3. The Hall–Kier alpha value is -1.89. The van der Waals surface area contributed by atoms with Crippen LogP contribution in [0, 0.1) is 0 Å². The van der Waals surface area contributed by atoms with Crippen LogP contribution in [0.4, 0.5) is 19.0 Å². The largest absolute Gasteiger partial charge is 0.451 e. The van der Waals surface area contributed by atoms with Gasteiger partial charge in [0.15, 0.2) is 0 Å². The van der Waals surface area contributed by atoms with Crippen LogP contribution in [0.5, 0.6) is 0 Å². The fourth-order valence-corrected chi connectivity index (χ4v) is 1.50. The Kier molecular flexibility index (Phi) is 3.84. The minimum absolute atomic E-state index is 0.00187.